The van der Waals surface area contributed by atoms with Gasteiger partial charge >= 0.3 is 0 Å². The number of aliphatic hydroxyl groups is 1. The van der Waals surface area contributed by atoms with Crippen molar-refractivity contribution in [3.63, 3.8) is 0 Å². The summed E-state index contributed by atoms with van der Waals surface area (Å²) in [5, 5.41) is 21.3. The van der Waals surface area contributed by atoms with Crippen LogP contribution >= 0.6 is 0 Å². The molecule has 1 aromatic heterocycles. The van der Waals surface area contributed by atoms with Gasteiger partial charge in [-0.25, -0.2) is 0 Å². The van der Waals surface area contributed by atoms with Crippen LogP contribution in [0.1, 0.15) is 41.8 Å². The average Bonchev–Trinajstić information content (AvgIpc) is 3.02. The fourth-order valence-corrected chi connectivity index (χ4v) is 3.08. The lowest BCUT2D eigenvalue weighted by atomic mass is 9.95. The summed E-state index contributed by atoms with van der Waals surface area (Å²) in [6.07, 6.45) is 3.59. The fourth-order valence-electron chi connectivity index (χ4n) is 3.08. The normalized spacial score (nSPS) is 22.8. The van der Waals surface area contributed by atoms with E-state index in [1.807, 2.05) is 31.3 Å². The third-order valence-corrected chi connectivity index (χ3v) is 4.36. The van der Waals surface area contributed by atoms with Crippen molar-refractivity contribution in [3.8, 4) is 0 Å². The number of benzene rings is 1. The van der Waals surface area contributed by atoms with E-state index in [1.54, 1.807) is 0 Å². The summed E-state index contributed by atoms with van der Waals surface area (Å²) >= 11 is 0. The van der Waals surface area contributed by atoms with E-state index in [1.165, 1.54) is 5.56 Å². The number of rotatable bonds is 4. The topological polar surface area (TPSA) is 60.9 Å². The van der Waals surface area contributed by atoms with Gasteiger partial charge in [0.05, 0.1) is 6.20 Å². The minimum Gasteiger partial charge on any atom is -0.384 e. The van der Waals surface area contributed by atoms with Crippen LogP contribution in [0, 0.1) is 6.92 Å². The highest BCUT2D eigenvalue weighted by Gasteiger charge is 2.36. The van der Waals surface area contributed by atoms with Crippen LogP contribution in [0.2, 0.25) is 0 Å². The summed E-state index contributed by atoms with van der Waals surface area (Å²) in [7, 11) is 0. The molecule has 2 atom stereocenters. The molecular formula is C16H21N3O. The predicted molar refractivity (Wildman–Crippen MR) is 78.4 cm³/mol. The molecular weight excluding hydrogens is 250 g/mol. The van der Waals surface area contributed by atoms with Gasteiger partial charge in [-0.3, -0.25) is 5.10 Å². The maximum atomic E-state index is 10.9. The fraction of sp³-hybridized carbons (Fsp3) is 0.438. The molecule has 1 aliphatic carbocycles. The Kier molecular flexibility index (Phi) is 3.36. The number of aromatic nitrogens is 2. The van der Waals surface area contributed by atoms with E-state index in [0.29, 0.717) is 6.54 Å². The molecule has 0 bridgehead atoms. The zero-order chi connectivity index (χ0) is 14.2. The molecule has 0 aliphatic heterocycles. The lowest BCUT2D eigenvalue weighted by Gasteiger charge is -2.26. The summed E-state index contributed by atoms with van der Waals surface area (Å²) in [5.74, 6) is 0. The molecule has 0 saturated carbocycles. The molecule has 1 heterocycles. The van der Waals surface area contributed by atoms with Crippen LogP contribution in [0.15, 0.2) is 30.5 Å². The lowest BCUT2D eigenvalue weighted by Crippen LogP contribution is -2.37. The largest absolute Gasteiger partial charge is 0.384 e. The molecule has 20 heavy (non-hydrogen) atoms. The summed E-state index contributed by atoms with van der Waals surface area (Å²) in [6, 6.07) is 8.36. The first-order valence-corrected chi connectivity index (χ1v) is 7.14. The first-order valence-electron chi connectivity index (χ1n) is 7.14. The van der Waals surface area contributed by atoms with Crippen LogP contribution in [0.4, 0.5) is 0 Å². The SMILES string of the molecule is Cc1[nH]ncc1C(C)NCC1(O)CCc2ccccc21. The number of aromatic amines is 1. The molecule has 0 spiro atoms. The maximum absolute atomic E-state index is 10.9. The molecule has 0 amide bonds. The van der Waals surface area contributed by atoms with Crippen molar-refractivity contribution in [2.24, 2.45) is 0 Å². The Labute approximate surface area is 119 Å². The van der Waals surface area contributed by atoms with Crippen molar-refractivity contribution in [2.45, 2.75) is 38.3 Å². The number of nitrogens with zero attached hydrogens (tertiary/aromatic N) is 1. The van der Waals surface area contributed by atoms with E-state index >= 15 is 0 Å². The molecule has 4 nitrogen and oxygen atoms in total. The monoisotopic (exact) mass is 271 g/mol. The number of nitrogens with one attached hydrogen (secondary N) is 2. The van der Waals surface area contributed by atoms with Gasteiger partial charge in [0.15, 0.2) is 0 Å². The van der Waals surface area contributed by atoms with Crippen LogP contribution in [0.5, 0.6) is 0 Å². The molecule has 2 unspecified atom stereocenters. The molecule has 2 aromatic rings. The highest BCUT2D eigenvalue weighted by atomic mass is 16.3. The number of fused-ring (bicyclic) bond motifs is 1. The van der Waals surface area contributed by atoms with Crippen molar-refractivity contribution >= 4 is 0 Å². The van der Waals surface area contributed by atoms with E-state index < -0.39 is 5.60 Å². The second-order valence-corrected chi connectivity index (χ2v) is 5.74. The number of aryl methyl sites for hydroxylation is 2. The van der Waals surface area contributed by atoms with Crippen molar-refractivity contribution in [1.82, 2.24) is 15.5 Å². The van der Waals surface area contributed by atoms with Gasteiger partial charge in [0, 0.05) is 23.8 Å². The van der Waals surface area contributed by atoms with Crippen LogP contribution in [0.3, 0.4) is 0 Å². The number of hydrogen-bond acceptors (Lipinski definition) is 3. The molecule has 1 aliphatic rings. The highest BCUT2D eigenvalue weighted by Crippen LogP contribution is 2.36. The Hall–Kier alpha value is -1.65. The molecule has 0 saturated heterocycles. The zero-order valence-electron chi connectivity index (χ0n) is 12.0. The highest BCUT2D eigenvalue weighted by molar-refractivity contribution is 5.37. The average molecular weight is 271 g/mol. The summed E-state index contributed by atoms with van der Waals surface area (Å²) in [4.78, 5) is 0. The van der Waals surface area contributed by atoms with E-state index in [-0.39, 0.29) is 6.04 Å². The molecule has 3 N–H and O–H groups in total. The second-order valence-electron chi connectivity index (χ2n) is 5.74. The van der Waals surface area contributed by atoms with Crippen LogP contribution in [-0.2, 0) is 12.0 Å². The van der Waals surface area contributed by atoms with Gasteiger partial charge in [0.25, 0.3) is 0 Å². The van der Waals surface area contributed by atoms with Gasteiger partial charge < -0.3 is 10.4 Å². The van der Waals surface area contributed by atoms with Gasteiger partial charge in [-0.15, -0.1) is 0 Å². The third kappa shape index (κ3) is 2.25. The predicted octanol–water partition coefficient (Wildman–Crippen LogP) is 2.20. The van der Waals surface area contributed by atoms with Crippen LogP contribution in [0.25, 0.3) is 0 Å². The summed E-state index contributed by atoms with van der Waals surface area (Å²) < 4.78 is 0. The van der Waals surface area contributed by atoms with Crippen molar-refractivity contribution in [1.29, 1.82) is 0 Å². The van der Waals surface area contributed by atoms with Crippen molar-refractivity contribution in [2.75, 3.05) is 6.54 Å². The first kappa shape index (κ1) is 13.3. The Morgan fingerprint density at radius 3 is 3.00 bits per heavy atom. The number of hydrogen-bond donors (Lipinski definition) is 3. The minimum atomic E-state index is -0.748. The Balaban J connectivity index is 1.72. The molecule has 0 fully saturated rings. The quantitative estimate of drug-likeness (QED) is 0.799. The van der Waals surface area contributed by atoms with Crippen LogP contribution < -0.4 is 5.32 Å². The van der Waals surface area contributed by atoms with Gasteiger partial charge in [0.1, 0.15) is 5.60 Å². The zero-order valence-corrected chi connectivity index (χ0v) is 12.0. The minimum absolute atomic E-state index is 0.172. The van der Waals surface area contributed by atoms with E-state index in [9.17, 15) is 5.11 Å². The Morgan fingerprint density at radius 2 is 2.25 bits per heavy atom. The van der Waals surface area contributed by atoms with E-state index in [4.69, 9.17) is 0 Å². The second kappa shape index (κ2) is 5.04. The molecule has 1 aromatic carbocycles. The summed E-state index contributed by atoms with van der Waals surface area (Å²) in [5.41, 5.74) is 3.82. The Morgan fingerprint density at radius 1 is 1.45 bits per heavy atom. The van der Waals surface area contributed by atoms with Crippen molar-refractivity contribution < 1.29 is 5.11 Å². The Bertz CT molecular complexity index is 607. The lowest BCUT2D eigenvalue weighted by molar-refractivity contribution is 0.0363. The molecule has 106 valence electrons. The first-order chi connectivity index (χ1) is 9.60. The van der Waals surface area contributed by atoms with Crippen LogP contribution in [-0.4, -0.2) is 21.8 Å². The standard InChI is InChI=1S/C16H21N3O/c1-11(14-9-18-19-12(14)2)17-10-16(20)8-7-13-5-3-4-6-15(13)16/h3-6,9,11,17,20H,7-8,10H2,1-2H3,(H,18,19). The number of H-pyrrole nitrogens is 1. The van der Waals surface area contributed by atoms with E-state index in [2.05, 4.69) is 28.5 Å². The van der Waals surface area contributed by atoms with E-state index in [0.717, 1.165) is 29.7 Å². The third-order valence-electron chi connectivity index (χ3n) is 4.36. The van der Waals surface area contributed by atoms with Gasteiger partial charge in [-0.05, 0) is 37.8 Å². The molecule has 0 radical (unpaired) electrons. The van der Waals surface area contributed by atoms with Gasteiger partial charge in [0.2, 0.25) is 0 Å². The van der Waals surface area contributed by atoms with Gasteiger partial charge in [-0.2, -0.15) is 5.10 Å². The van der Waals surface area contributed by atoms with Gasteiger partial charge in [-0.1, -0.05) is 24.3 Å². The molecule has 4 heteroatoms. The smallest absolute Gasteiger partial charge is 0.103 e. The maximum Gasteiger partial charge on any atom is 0.103 e. The summed E-state index contributed by atoms with van der Waals surface area (Å²) in [6.45, 7) is 4.68. The van der Waals surface area contributed by atoms with Crippen molar-refractivity contribution in [3.05, 3.63) is 52.8 Å². The molecule has 3 rings (SSSR count).